The maximum atomic E-state index is 11.3. The summed E-state index contributed by atoms with van der Waals surface area (Å²) in [4.78, 5) is 15.3. The van der Waals surface area contributed by atoms with Crippen molar-refractivity contribution in [2.45, 2.75) is 20.8 Å². The van der Waals surface area contributed by atoms with Gasteiger partial charge < -0.3 is 16.2 Å². The van der Waals surface area contributed by atoms with E-state index in [1.54, 1.807) is 0 Å². The quantitative estimate of drug-likeness (QED) is 0.798. The van der Waals surface area contributed by atoms with Crippen LogP contribution in [0.1, 0.15) is 27.0 Å². The first kappa shape index (κ1) is 13.9. The summed E-state index contributed by atoms with van der Waals surface area (Å²) in [6.45, 7) is 5.97. The molecule has 0 bridgehead atoms. The van der Waals surface area contributed by atoms with Gasteiger partial charge >= 0.3 is 5.97 Å². The predicted octanol–water partition coefficient (Wildman–Crippen LogP) is 3.03. The molecule has 4 N–H and O–H groups in total. The molecule has 0 fully saturated rings. The molecule has 5 heteroatoms. The maximum Gasteiger partial charge on any atom is 0.339 e. The summed E-state index contributed by atoms with van der Waals surface area (Å²) in [5.41, 5.74) is 10.1. The van der Waals surface area contributed by atoms with Crippen LogP contribution in [-0.2, 0) is 0 Å². The lowest BCUT2D eigenvalue weighted by Crippen LogP contribution is -2.07. The molecule has 0 spiro atoms. The third-order valence-electron chi connectivity index (χ3n) is 3.06. The van der Waals surface area contributed by atoms with Gasteiger partial charge in [-0.05, 0) is 38.0 Å². The molecule has 1 aromatic carbocycles. The van der Waals surface area contributed by atoms with Crippen LogP contribution in [0.25, 0.3) is 0 Å². The lowest BCUT2D eigenvalue weighted by Gasteiger charge is -2.15. The molecule has 104 valence electrons. The van der Waals surface area contributed by atoms with Crippen LogP contribution in [0.15, 0.2) is 24.4 Å². The highest BCUT2D eigenvalue weighted by atomic mass is 16.4. The molecule has 0 saturated heterocycles. The first-order valence-corrected chi connectivity index (χ1v) is 6.22. The first-order chi connectivity index (χ1) is 9.38. The molecule has 20 heavy (non-hydrogen) atoms. The van der Waals surface area contributed by atoms with Crippen molar-refractivity contribution in [3.63, 3.8) is 0 Å². The second-order valence-electron chi connectivity index (χ2n) is 4.87. The Bertz CT molecular complexity index is 658. The van der Waals surface area contributed by atoms with Crippen LogP contribution in [0.2, 0.25) is 0 Å². The van der Waals surface area contributed by atoms with Gasteiger partial charge in [0, 0.05) is 5.69 Å². The number of pyridine rings is 1. The fourth-order valence-corrected chi connectivity index (χ4v) is 2.24. The molecule has 0 amide bonds. The number of aromatic carboxylic acids is 1. The van der Waals surface area contributed by atoms with E-state index < -0.39 is 5.97 Å². The fourth-order valence-electron chi connectivity index (χ4n) is 2.24. The number of nitrogens with one attached hydrogen (secondary N) is 1. The van der Waals surface area contributed by atoms with E-state index in [-0.39, 0.29) is 5.56 Å². The molecule has 2 rings (SSSR count). The Balaban J connectivity index is 2.48. The number of nitrogen functional groups attached to an aromatic ring is 1. The minimum absolute atomic E-state index is 0.0596. The second-order valence-corrected chi connectivity index (χ2v) is 4.87. The number of carboxylic acid groups (broad SMARTS) is 1. The summed E-state index contributed by atoms with van der Waals surface area (Å²) < 4.78 is 0. The van der Waals surface area contributed by atoms with Crippen LogP contribution in [-0.4, -0.2) is 16.1 Å². The number of carboxylic acids is 1. The number of aromatic nitrogens is 1. The number of nitrogens with two attached hydrogens (primary N) is 1. The van der Waals surface area contributed by atoms with E-state index in [4.69, 9.17) is 5.73 Å². The minimum Gasteiger partial charge on any atom is -0.478 e. The number of nitrogens with zero attached hydrogens (tertiary/aromatic N) is 1. The van der Waals surface area contributed by atoms with Crippen molar-refractivity contribution < 1.29 is 9.90 Å². The van der Waals surface area contributed by atoms with Gasteiger partial charge in [-0.15, -0.1) is 0 Å². The van der Waals surface area contributed by atoms with Crippen molar-refractivity contribution in [2.75, 3.05) is 11.1 Å². The van der Waals surface area contributed by atoms with Crippen LogP contribution >= 0.6 is 0 Å². The lowest BCUT2D eigenvalue weighted by molar-refractivity contribution is 0.0697. The fraction of sp³-hybridized carbons (Fsp3) is 0.200. The van der Waals surface area contributed by atoms with Crippen LogP contribution in [0.3, 0.4) is 0 Å². The molecule has 1 aromatic heterocycles. The van der Waals surface area contributed by atoms with E-state index in [2.05, 4.69) is 10.3 Å². The van der Waals surface area contributed by atoms with Gasteiger partial charge in [-0.3, -0.25) is 0 Å². The van der Waals surface area contributed by atoms with Crippen molar-refractivity contribution in [3.8, 4) is 0 Å². The summed E-state index contributed by atoms with van der Waals surface area (Å²) in [5.74, 6) is -0.767. The largest absolute Gasteiger partial charge is 0.478 e. The van der Waals surface area contributed by atoms with Crippen LogP contribution < -0.4 is 11.1 Å². The van der Waals surface area contributed by atoms with E-state index in [1.807, 2.05) is 32.9 Å². The third-order valence-corrected chi connectivity index (χ3v) is 3.06. The number of hydrogen-bond donors (Lipinski definition) is 3. The van der Waals surface area contributed by atoms with E-state index >= 15 is 0 Å². The summed E-state index contributed by atoms with van der Waals surface area (Å²) in [6, 6.07) is 5.47. The molecule has 5 nitrogen and oxygen atoms in total. The Morgan fingerprint density at radius 3 is 2.35 bits per heavy atom. The first-order valence-electron chi connectivity index (χ1n) is 6.22. The molecule has 0 saturated carbocycles. The van der Waals surface area contributed by atoms with Crippen molar-refractivity contribution in [3.05, 3.63) is 46.6 Å². The maximum absolute atomic E-state index is 11.3. The SMILES string of the molecule is Cc1cc(C)c(Nc2ncc(N)cc2C(=O)O)c(C)c1. The number of hydrogen-bond acceptors (Lipinski definition) is 4. The van der Waals surface area contributed by atoms with Gasteiger partial charge in [0.25, 0.3) is 0 Å². The number of benzene rings is 1. The topological polar surface area (TPSA) is 88.2 Å². The summed E-state index contributed by atoms with van der Waals surface area (Å²) in [7, 11) is 0. The second kappa shape index (κ2) is 5.21. The van der Waals surface area contributed by atoms with Gasteiger partial charge in [0.15, 0.2) is 0 Å². The molecular weight excluding hydrogens is 254 g/mol. The van der Waals surface area contributed by atoms with E-state index in [1.165, 1.54) is 12.3 Å². The molecule has 1 heterocycles. The number of aryl methyl sites for hydroxylation is 3. The van der Waals surface area contributed by atoms with Gasteiger partial charge in [-0.2, -0.15) is 0 Å². The van der Waals surface area contributed by atoms with Gasteiger partial charge in [0.1, 0.15) is 11.4 Å². The lowest BCUT2D eigenvalue weighted by atomic mass is 10.0. The molecule has 0 aliphatic rings. The van der Waals surface area contributed by atoms with Gasteiger partial charge in [-0.25, -0.2) is 9.78 Å². The Morgan fingerprint density at radius 1 is 1.20 bits per heavy atom. The molecule has 0 aliphatic heterocycles. The highest BCUT2D eigenvalue weighted by Crippen LogP contribution is 2.27. The highest BCUT2D eigenvalue weighted by Gasteiger charge is 2.14. The molecule has 0 aliphatic carbocycles. The predicted molar refractivity (Wildman–Crippen MR) is 79.5 cm³/mol. The van der Waals surface area contributed by atoms with Gasteiger partial charge in [0.2, 0.25) is 0 Å². The summed E-state index contributed by atoms with van der Waals surface area (Å²) in [5, 5.41) is 12.3. The normalized spacial score (nSPS) is 10.3. The molecule has 0 unspecified atom stereocenters. The Morgan fingerprint density at radius 2 is 1.80 bits per heavy atom. The molecule has 0 atom stereocenters. The molecule has 0 radical (unpaired) electrons. The van der Waals surface area contributed by atoms with Crippen molar-refractivity contribution >= 4 is 23.2 Å². The average Bonchev–Trinajstić information content (AvgIpc) is 2.34. The van der Waals surface area contributed by atoms with Crippen molar-refractivity contribution in [1.82, 2.24) is 4.98 Å². The zero-order chi connectivity index (χ0) is 14.9. The monoisotopic (exact) mass is 271 g/mol. The van der Waals surface area contributed by atoms with Crippen molar-refractivity contribution in [1.29, 1.82) is 0 Å². The number of anilines is 3. The zero-order valence-electron chi connectivity index (χ0n) is 11.7. The van der Waals surface area contributed by atoms with Crippen molar-refractivity contribution in [2.24, 2.45) is 0 Å². The molecular formula is C15H17N3O2. The van der Waals surface area contributed by atoms with Crippen LogP contribution in [0, 0.1) is 20.8 Å². The highest BCUT2D eigenvalue weighted by molar-refractivity contribution is 5.95. The summed E-state index contributed by atoms with van der Waals surface area (Å²) >= 11 is 0. The van der Waals surface area contributed by atoms with Crippen LogP contribution in [0.4, 0.5) is 17.2 Å². The standard InChI is InChI=1S/C15H17N3O2/c1-8-4-9(2)13(10(3)5-8)18-14-12(15(19)20)6-11(16)7-17-14/h4-7H,16H2,1-3H3,(H,17,18)(H,19,20). The third kappa shape index (κ3) is 2.71. The molecule has 2 aromatic rings. The average molecular weight is 271 g/mol. The Hall–Kier alpha value is -2.56. The van der Waals surface area contributed by atoms with Crippen LogP contribution in [0.5, 0.6) is 0 Å². The Kier molecular flexibility index (Phi) is 3.61. The number of carbonyl (C=O) groups is 1. The number of rotatable bonds is 3. The van der Waals surface area contributed by atoms with Gasteiger partial charge in [0.05, 0.1) is 11.9 Å². The Labute approximate surface area is 117 Å². The van der Waals surface area contributed by atoms with Gasteiger partial charge in [-0.1, -0.05) is 17.7 Å². The zero-order valence-corrected chi connectivity index (χ0v) is 11.7. The smallest absolute Gasteiger partial charge is 0.339 e. The van der Waals surface area contributed by atoms with E-state index in [0.29, 0.717) is 11.5 Å². The minimum atomic E-state index is -1.06. The van der Waals surface area contributed by atoms with E-state index in [0.717, 1.165) is 22.4 Å². The summed E-state index contributed by atoms with van der Waals surface area (Å²) in [6.07, 6.45) is 1.44. The van der Waals surface area contributed by atoms with E-state index in [9.17, 15) is 9.90 Å².